The zero-order valence-corrected chi connectivity index (χ0v) is 11.5. The number of hydrogen-bond donors (Lipinski definition) is 6. The molecule has 0 aromatic rings. The van der Waals surface area contributed by atoms with Crippen molar-refractivity contribution in [1.29, 1.82) is 0 Å². The molecule has 1 rings (SSSR count). The molecule has 0 aromatic heterocycles. The summed E-state index contributed by atoms with van der Waals surface area (Å²) in [5.41, 5.74) is 10.2. The van der Waals surface area contributed by atoms with Gasteiger partial charge in [-0.05, 0) is 26.2 Å². The second kappa shape index (κ2) is 6.79. The SMILES string of the molecule is CC1(C(N)CCC[C@H](N)C(=O)O)O[C@H](CO)[C@@H](O)[C@@H]1O. The van der Waals surface area contributed by atoms with Crippen molar-refractivity contribution in [3.63, 3.8) is 0 Å². The van der Waals surface area contributed by atoms with Gasteiger partial charge in [-0.15, -0.1) is 0 Å². The van der Waals surface area contributed by atoms with Gasteiger partial charge in [0.25, 0.3) is 0 Å². The summed E-state index contributed by atoms with van der Waals surface area (Å²) in [5, 5.41) is 37.5. The van der Waals surface area contributed by atoms with Crippen molar-refractivity contribution in [3.05, 3.63) is 0 Å². The highest BCUT2D eigenvalue weighted by molar-refractivity contribution is 5.72. The van der Waals surface area contributed by atoms with Gasteiger partial charge in [0.05, 0.1) is 6.61 Å². The Kier molecular flexibility index (Phi) is 5.87. The molecule has 1 aliphatic heterocycles. The number of nitrogens with two attached hydrogens (primary N) is 2. The van der Waals surface area contributed by atoms with Crippen LogP contribution in [0.1, 0.15) is 26.2 Å². The Labute approximate surface area is 117 Å². The van der Waals surface area contributed by atoms with Gasteiger partial charge in [-0.2, -0.15) is 0 Å². The van der Waals surface area contributed by atoms with E-state index < -0.39 is 48.6 Å². The Hall–Kier alpha value is -0.770. The lowest BCUT2D eigenvalue weighted by atomic mass is 9.86. The molecule has 8 heteroatoms. The zero-order chi connectivity index (χ0) is 15.5. The molecule has 0 radical (unpaired) electrons. The first-order valence-electron chi connectivity index (χ1n) is 6.62. The van der Waals surface area contributed by atoms with E-state index in [4.69, 9.17) is 26.4 Å². The number of ether oxygens (including phenoxy) is 1. The topological polar surface area (TPSA) is 159 Å². The lowest BCUT2D eigenvalue weighted by molar-refractivity contribution is -0.138. The lowest BCUT2D eigenvalue weighted by Gasteiger charge is -2.34. The first-order valence-corrected chi connectivity index (χ1v) is 6.62. The van der Waals surface area contributed by atoms with E-state index in [0.717, 1.165) is 0 Å². The number of carboxylic acid groups (broad SMARTS) is 1. The van der Waals surface area contributed by atoms with Crippen LogP contribution >= 0.6 is 0 Å². The summed E-state index contributed by atoms with van der Waals surface area (Å²) < 4.78 is 5.47. The van der Waals surface area contributed by atoms with Crippen molar-refractivity contribution in [1.82, 2.24) is 0 Å². The fourth-order valence-corrected chi connectivity index (χ4v) is 2.43. The number of aliphatic hydroxyl groups is 3. The lowest BCUT2D eigenvalue weighted by Crippen LogP contribution is -2.54. The van der Waals surface area contributed by atoms with E-state index in [0.29, 0.717) is 12.8 Å². The number of rotatable bonds is 7. The first-order chi connectivity index (χ1) is 9.24. The maximum absolute atomic E-state index is 10.6. The molecule has 0 aliphatic carbocycles. The van der Waals surface area contributed by atoms with Gasteiger partial charge in [-0.1, -0.05) is 0 Å². The predicted octanol–water partition coefficient (Wildman–Crippen LogP) is -2.23. The standard InChI is InChI=1S/C12H24N2O6/c1-12(10(17)9(16)7(5-15)20-12)8(14)4-2-3-6(13)11(18)19/h6-10,15-17H,2-5,13-14H2,1H3,(H,18,19)/t6-,7+,8?,9+,10-,12?/m0/s1. The van der Waals surface area contributed by atoms with Gasteiger partial charge >= 0.3 is 5.97 Å². The highest BCUT2D eigenvalue weighted by atomic mass is 16.6. The molecule has 8 N–H and O–H groups in total. The van der Waals surface area contributed by atoms with Crippen molar-refractivity contribution in [3.8, 4) is 0 Å². The Balaban J connectivity index is 2.54. The van der Waals surface area contributed by atoms with Crippen LogP contribution in [0.2, 0.25) is 0 Å². The van der Waals surface area contributed by atoms with Gasteiger partial charge in [0.15, 0.2) is 0 Å². The third kappa shape index (κ3) is 3.46. The van der Waals surface area contributed by atoms with Crippen LogP contribution < -0.4 is 11.5 Å². The predicted molar refractivity (Wildman–Crippen MR) is 69.8 cm³/mol. The molecule has 118 valence electrons. The summed E-state index contributed by atoms with van der Waals surface area (Å²) in [7, 11) is 0. The third-order valence-electron chi connectivity index (χ3n) is 3.96. The largest absolute Gasteiger partial charge is 0.480 e. The van der Waals surface area contributed by atoms with E-state index in [-0.39, 0.29) is 6.42 Å². The second-order valence-electron chi connectivity index (χ2n) is 5.44. The van der Waals surface area contributed by atoms with Crippen LogP contribution in [0.25, 0.3) is 0 Å². The van der Waals surface area contributed by atoms with Gasteiger partial charge in [0.1, 0.15) is 30.0 Å². The minimum atomic E-state index is -1.21. The quantitative estimate of drug-likeness (QED) is 0.307. The van der Waals surface area contributed by atoms with Crippen molar-refractivity contribution >= 4 is 5.97 Å². The molecule has 0 amide bonds. The van der Waals surface area contributed by atoms with E-state index in [1.807, 2.05) is 0 Å². The molecule has 2 unspecified atom stereocenters. The molecule has 20 heavy (non-hydrogen) atoms. The summed E-state index contributed by atoms with van der Waals surface area (Å²) >= 11 is 0. The average Bonchev–Trinajstić information content (AvgIpc) is 2.63. The van der Waals surface area contributed by atoms with Crippen LogP contribution in [0.3, 0.4) is 0 Å². The first kappa shape index (κ1) is 17.3. The minimum absolute atomic E-state index is 0.265. The third-order valence-corrected chi connectivity index (χ3v) is 3.96. The van der Waals surface area contributed by atoms with Gasteiger partial charge in [-0.3, -0.25) is 4.79 Å². The highest BCUT2D eigenvalue weighted by Crippen LogP contribution is 2.34. The molecule has 0 bridgehead atoms. The molecule has 0 saturated carbocycles. The number of carbonyl (C=O) groups is 1. The number of aliphatic hydroxyl groups excluding tert-OH is 3. The van der Waals surface area contributed by atoms with Crippen molar-refractivity contribution < 1.29 is 30.0 Å². The molecular formula is C12H24N2O6. The number of carboxylic acids is 1. The van der Waals surface area contributed by atoms with Crippen molar-refractivity contribution in [2.45, 2.75) is 62.2 Å². The van der Waals surface area contributed by atoms with E-state index >= 15 is 0 Å². The highest BCUT2D eigenvalue weighted by Gasteiger charge is 2.53. The molecule has 1 fully saturated rings. The van der Waals surface area contributed by atoms with Gasteiger partial charge < -0.3 is 36.6 Å². The van der Waals surface area contributed by atoms with E-state index in [1.165, 1.54) is 0 Å². The minimum Gasteiger partial charge on any atom is -0.480 e. The van der Waals surface area contributed by atoms with E-state index in [1.54, 1.807) is 6.92 Å². The fraction of sp³-hybridized carbons (Fsp3) is 0.917. The van der Waals surface area contributed by atoms with Crippen molar-refractivity contribution in [2.75, 3.05) is 6.61 Å². The van der Waals surface area contributed by atoms with Crippen molar-refractivity contribution in [2.24, 2.45) is 11.5 Å². The Morgan fingerprint density at radius 2 is 1.95 bits per heavy atom. The molecule has 0 aromatic carbocycles. The average molecular weight is 292 g/mol. The monoisotopic (exact) mass is 292 g/mol. The van der Waals surface area contributed by atoms with Crippen LogP contribution in [0.4, 0.5) is 0 Å². The summed E-state index contributed by atoms with van der Waals surface area (Å²) in [4.78, 5) is 10.6. The van der Waals surface area contributed by atoms with E-state index in [2.05, 4.69) is 0 Å². The van der Waals surface area contributed by atoms with Crippen LogP contribution in [-0.4, -0.2) is 69.0 Å². The number of hydrogen-bond acceptors (Lipinski definition) is 7. The fourth-order valence-electron chi connectivity index (χ4n) is 2.43. The summed E-state index contributed by atoms with van der Waals surface area (Å²) in [6, 6.07) is -1.55. The maximum atomic E-state index is 10.6. The van der Waals surface area contributed by atoms with Crippen LogP contribution in [0.15, 0.2) is 0 Å². The molecule has 8 nitrogen and oxygen atoms in total. The summed E-state index contributed by atoms with van der Waals surface area (Å²) in [6.45, 7) is 1.16. The molecule has 6 atom stereocenters. The molecular weight excluding hydrogens is 268 g/mol. The Bertz CT molecular complexity index is 342. The maximum Gasteiger partial charge on any atom is 0.320 e. The normalized spacial score (nSPS) is 36.8. The summed E-state index contributed by atoms with van der Waals surface area (Å²) in [6.07, 6.45) is -2.16. The van der Waals surface area contributed by atoms with Gasteiger partial charge in [0.2, 0.25) is 0 Å². The molecule has 1 saturated heterocycles. The van der Waals surface area contributed by atoms with Gasteiger partial charge in [0, 0.05) is 6.04 Å². The van der Waals surface area contributed by atoms with Crippen LogP contribution in [-0.2, 0) is 9.53 Å². The summed E-state index contributed by atoms with van der Waals surface area (Å²) in [5.74, 6) is -1.07. The zero-order valence-electron chi connectivity index (χ0n) is 11.5. The Morgan fingerprint density at radius 3 is 2.40 bits per heavy atom. The smallest absolute Gasteiger partial charge is 0.320 e. The van der Waals surface area contributed by atoms with Gasteiger partial charge in [-0.25, -0.2) is 0 Å². The Morgan fingerprint density at radius 1 is 1.35 bits per heavy atom. The molecule has 1 aliphatic rings. The number of aliphatic carboxylic acids is 1. The van der Waals surface area contributed by atoms with Crippen LogP contribution in [0, 0.1) is 0 Å². The second-order valence-corrected chi connectivity index (χ2v) is 5.44. The molecule has 0 spiro atoms. The molecule has 1 heterocycles. The van der Waals surface area contributed by atoms with Crippen LogP contribution in [0.5, 0.6) is 0 Å². The van der Waals surface area contributed by atoms with E-state index in [9.17, 15) is 15.0 Å².